The Morgan fingerprint density at radius 2 is 2.33 bits per heavy atom. The molecule has 4 heteroatoms. The lowest BCUT2D eigenvalue weighted by Gasteiger charge is -1.99. The second kappa shape index (κ2) is 2.55. The molecule has 0 radical (unpaired) electrons. The zero-order chi connectivity index (χ0) is 8.55. The van der Waals surface area contributed by atoms with Crippen LogP contribution >= 0.6 is 0 Å². The van der Waals surface area contributed by atoms with Gasteiger partial charge in [-0.1, -0.05) is 6.07 Å². The van der Waals surface area contributed by atoms with E-state index in [-0.39, 0.29) is 0 Å². The van der Waals surface area contributed by atoms with E-state index in [0.29, 0.717) is 23.8 Å². The van der Waals surface area contributed by atoms with E-state index in [1.165, 1.54) is 0 Å². The molecule has 1 aliphatic heterocycles. The molecule has 0 unspecified atom stereocenters. The second-order valence-electron chi connectivity index (χ2n) is 2.65. The van der Waals surface area contributed by atoms with Gasteiger partial charge in [0.2, 0.25) is 0 Å². The summed E-state index contributed by atoms with van der Waals surface area (Å²) >= 11 is 0. The summed E-state index contributed by atoms with van der Waals surface area (Å²) in [6, 6.07) is 3.48. The van der Waals surface area contributed by atoms with Crippen molar-refractivity contribution in [1.82, 2.24) is 4.98 Å². The van der Waals surface area contributed by atoms with Gasteiger partial charge in [0.15, 0.2) is 0 Å². The maximum absolute atomic E-state index is 12.2. The molecular formula is C8H8FN3. The topological polar surface area (TPSA) is 51.3 Å². The molecule has 2 rings (SSSR count). The van der Waals surface area contributed by atoms with Gasteiger partial charge in [0.05, 0.1) is 12.2 Å². The average Bonchev–Trinajstić information content (AvgIpc) is 2.47. The van der Waals surface area contributed by atoms with Crippen LogP contribution < -0.4 is 5.73 Å². The molecule has 0 atom stereocenters. The van der Waals surface area contributed by atoms with Crippen molar-refractivity contribution in [3.8, 4) is 0 Å². The Hall–Kier alpha value is -1.45. The van der Waals surface area contributed by atoms with Crippen molar-refractivity contribution in [3.63, 3.8) is 0 Å². The lowest BCUT2D eigenvalue weighted by atomic mass is 10.2. The van der Waals surface area contributed by atoms with Crippen LogP contribution in [0.3, 0.4) is 0 Å². The summed E-state index contributed by atoms with van der Waals surface area (Å²) in [6.07, 6.45) is 0. The Labute approximate surface area is 69.1 Å². The summed E-state index contributed by atoms with van der Waals surface area (Å²) in [5.74, 6) is 0.417. The predicted octanol–water partition coefficient (Wildman–Crippen LogP) is 0.770. The van der Waals surface area contributed by atoms with Gasteiger partial charge < -0.3 is 5.73 Å². The van der Waals surface area contributed by atoms with E-state index in [4.69, 9.17) is 5.73 Å². The third kappa shape index (κ3) is 0.958. The number of hydrogen-bond donors (Lipinski definition) is 1. The first-order valence-corrected chi connectivity index (χ1v) is 3.66. The van der Waals surface area contributed by atoms with Gasteiger partial charge >= 0.3 is 0 Å². The minimum atomic E-state index is -0.555. The monoisotopic (exact) mass is 165 g/mol. The Balaban J connectivity index is 2.50. The highest BCUT2D eigenvalue weighted by Crippen LogP contribution is 2.15. The van der Waals surface area contributed by atoms with Gasteiger partial charge in [-0.2, -0.15) is 0 Å². The van der Waals surface area contributed by atoms with Gasteiger partial charge in [-0.3, -0.25) is 4.99 Å². The standard InChI is InChI=1S/C8H8FN3/c9-3-6-2-1-5-4-11-8(10)7(5)12-6/h1-2H,3-4H2,(H2,10,11). The summed E-state index contributed by atoms with van der Waals surface area (Å²) in [4.78, 5) is 8.01. The van der Waals surface area contributed by atoms with E-state index in [0.717, 1.165) is 5.56 Å². The van der Waals surface area contributed by atoms with Crippen LogP contribution in [-0.2, 0) is 13.2 Å². The molecule has 0 fully saturated rings. The highest BCUT2D eigenvalue weighted by atomic mass is 19.1. The summed E-state index contributed by atoms with van der Waals surface area (Å²) in [7, 11) is 0. The third-order valence-electron chi connectivity index (χ3n) is 1.84. The number of aromatic nitrogens is 1. The lowest BCUT2D eigenvalue weighted by molar-refractivity contribution is 0.476. The number of hydrogen-bond acceptors (Lipinski definition) is 3. The molecule has 1 aliphatic rings. The molecule has 0 saturated carbocycles. The van der Waals surface area contributed by atoms with Crippen LogP contribution in [0, 0.1) is 0 Å². The number of rotatable bonds is 1. The normalized spacial score (nSPS) is 14.2. The number of alkyl halides is 1. The number of nitrogens with zero attached hydrogens (tertiary/aromatic N) is 2. The summed E-state index contributed by atoms with van der Waals surface area (Å²) < 4.78 is 12.2. The van der Waals surface area contributed by atoms with Gasteiger partial charge in [0, 0.05) is 5.56 Å². The molecule has 0 amide bonds. The molecular weight excluding hydrogens is 157 g/mol. The molecule has 0 spiro atoms. The van der Waals surface area contributed by atoms with Crippen molar-refractivity contribution < 1.29 is 4.39 Å². The fraction of sp³-hybridized carbons (Fsp3) is 0.250. The molecule has 62 valence electrons. The molecule has 1 aromatic rings. The Morgan fingerprint density at radius 1 is 1.50 bits per heavy atom. The molecule has 0 aliphatic carbocycles. The van der Waals surface area contributed by atoms with Crippen molar-refractivity contribution in [2.45, 2.75) is 13.2 Å². The molecule has 1 aromatic heterocycles. The van der Waals surface area contributed by atoms with E-state index in [9.17, 15) is 4.39 Å². The van der Waals surface area contributed by atoms with Gasteiger partial charge in [-0.05, 0) is 6.07 Å². The smallest absolute Gasteiger partial charge is 0.145 e. The average molecular weight is 165 g/mol. The van der Waals surface area contributed by atoms with Crippen LogP contribution in [0.1, 0.15) is 17.0 Å². The summed E-state index contributed by atoms with van der Waals surface area (Å²) in [6.45, 7) is 0.0152. The fourth-order valence-corrected chi connectivity index (χ4v) is 1.20. The van der Waals surface area contributed by atoms with Crippen LogP contribution in [0.25, 0.3) is 0 Å². The molecule has 2 heterocycles. The quantitative estimate of drug-likeness (QED) is 0.668. The zero-order valence-electron chi connectivity index (χ0n) is 6.42. The zero-order valence-corrected chi connectivity index (χ0v) is 6.42. The number of aliphatic imine (C=N–C) groups is 1. The SMILES string of the molecule is NC1=NCc2ccc(CF)nc21. The van der Waals surface area contributed by atoms with Crippen molar-refractivity contribution in [3.05, 3.63) is 29.1 Å². The Morgan fingerprint density at radius 3 is 3.08 bits per heavy atom. The number of pyridine rings is 1. The maximum atomic E-state index is 12.2. The van der Waals surface area contributed by atoms with Crippen LogP contribution in [0.4, 0.5) is 4.39 Å². The first kappa shape index (κ1) is 7.21. The van der Waals surface area contributed by atoms with Gasteiger partial charge in [-0.15, -0.1) is 0 Å². The van der Waals surface area contributed by atoms with Crippen LogP contribution in [0.15, 0.2) is 17.1 Å². The van der Waals surface area contributed by atoms with E-state index in [2.05, 4.69) is 9.98 Å². The number of nitrogens with two attached hydrogens (primary N) is 1. The first-order valence-electron chi connectivity index (χ1n) is 3.66. The lowest BCUT2D eigenvalue weighted by Crippen LogP contribution is -2.13. The Bertz CT molecular complexity index is 346. The minimum Gasteiger partial charge on any atom is -0.382 e. The fourth-order valence-electron chi connectivity index (χ4n) is 1.20. The van der Waals surface area contributed by atoms with Crippen molar-refractivity contribution in [2.24, 2.45) is 10.7 Å². The van der Waals surface area contributed by atoms with Gasteiger partial charge in [0.25, 0.3) is 0 Å². The number of fused-ring (bicyclic) bond motifs is 1. The maximum Gasteiger partial charge on any atom is 0.145 e. The number of halogens is 1. The van der Waals surface area contributed by atoms with E-state index < -0.39 is 6.67 Å². The highest BCUT2D eigenvalue weighted by molar-refractivity contribution is 5.98. The van der Waals surface area contributed by atoms with Crippen molar-refractivity contribution >= 4 is 5.84 Å². The minimum absolute atomic E-state index is 0.411. The Kier molecular flexibility index (Phi) is 1.53. The van der Waals surface area contributed by atoms with Crippen LogP contribution in [0.2, 0.25) is 0 Å². The molecule has 3 nitrogen and oxygen atoms in total. The molecule has 0 bridgehead atoms. The van der Waals surface area contributed by atoms with Crippen molar-refractivity contribution in [2.75, 3.05) is 0 Å². The highest BCUT2D eigenvalue weighted by Gasteiger charge is 2.14. The van der Waals surface area contributed by atoms with Gasteiger partial charge in [0.1, 0.15) is 18.2 Å². The van der Waals surface area contributed by atoms with Gasteiger partial charge in [-0.25, -0.2) is 9.37 Å². The van der Waals surface area contributed by atoms with E-state index in [1.807, 2.05) is 6.07 Å². The third-order valence-corrected chi connectivity index (χ3v) is 1.84. The first-order chi connectivity index (χ1) is 5.81. The van der Waals surface area contributed by atoms with Crippen LogP contribution in [-0.4, -0.2) is 10.8 Å². The number of amidine groups is 1. The molecule has 0 aromatic carbocycles. The molecule has 12 heavy (non-hydrogen) atoms. The summed E-state index contributed by atoms with van der Waals surface area (Å²) in [5, 5.41) is 0. The summed E-state index contributed by atoms with van der Waals surface area (Å²) in [5.41, 5.74) is 7.57. The second-order valence-corrected chi connectivity index (χ2v) is 2.65. The van der Waals surface area contributed by atoms with E-state index >= 15 is 0 Å². The molecule has 0 saturated heterocycles. The van der Waals surface area contributed by atoms with E-state index in [1.54, 1.807) is 6.07 Å². The predicted molar refractivity (Wildman–Crippen MR) is 43.5 cm³/mol. The molecule has 2 N–H and O–H groups in total. The van der Waals surface area contributed by atoms with Crippen LogP contribution in [0.5, 0.6) is 0 Å². The van der Waals surface area contributed by atoms with Crippen molar-refractivity contribution in [1.29, 1.82) is 0 Å². The largest absolute Gasteiger partial charge is 0.382 e.